The van der Waals surface area contributed by atoms with E-state index in [1.165, 1.54) is 11.9 Å². The number of amides is 1. The van der Waals surface area contributed by atoms with Crippen LogP contribution in [0.3, 0.4) is 0 Å². The number of aromatic amines is 1. The highest BCUT2D eigenvalue weighted by Gasteiger charge is 2.22. The average Bonchev–Trinajstić information content (AvgIpc) is 3.38. The molecule has 0 atom stereocenters. The Kier molecular flexibility index (Phi) is 9.07. The molecular weight excluding hydrogens is 518 g/mol. The molecule has 4 aromatic rings. The van der Waals surface area contributed by atoms with E-state index >= 15 is 0 Å². The predicted molar refractivity (Wildman–Crippen MR) is 159 cm³/mol. The molecule has 0 aliphatic heterocycles. The van der Waals surface area contributed by atoms with Crippen LogP contribution in [0.1, 0.15) is 45.0 Å². The van der Waals surface area contributed by atoms with Gasteiger partial charge in [0, 0.05) is 46.6 Å². The fourth-order valence-electron chi connectivity index (χ4n) is 4.85. The molecule has 2 heterocycles. The van der Waals surface area contributed by atoms with Gasteiger partial charge in [-0.1, -0.05) is 29.8 Å². The molecule has 3 N–H and O–H groups in total. The standard InChI is InChI=1S/C29H36ClN5O2S/c1-17-15-21(16-18(2)26(17)30)37-13-8-11-23-22-9-7-10-24(25-19(3)33-35(6)20(25)4)27(22)32-28(23)29(36)34-38-14-12-31-5/h7,9-10,15-16,31-32H,8,11-14H2,1-6H3,(H,34,36). The van der Waals surface area contributed by atoms with E-state index in [2.05, 4.69) is 45.2 Å². The van der Waals surface area contributed by atoms with Crippen molar-refractivity contribution in [1.29, 1.82) is 0 Å². The Hall–Kier alpha value is -2.94. The Morgan fingerprint density at radius 3 is 2.58 bits per heavy atom. The molecule has 0 radical (unpaired) electrons. The number of nitrogens with zero attached hydrogens (tertiary/aromatic N) is 2. The summed E-state index contributed by atoms with van der Waals surface area (Å²) in [7, 11) is 3.86. The van der Waals surface area contributed by atoms with E-state index in [1.807, 2.05) is 51.7 Å². The summed E-state index contributed by atoms with van der Waals surface area (Å²) in [5.41, 5.74) is 8.75. The first-order chi connectivity index (χ1) is 18.2. The number of para-hydroxylation sites is 1. The number of hydrogen-bond donors (Lipinski definition) is 3. The summed E-state index contributed by atoms with van der Waals surface area (Å²) in [5, 5.41) is 9.54. The van der Waals surface area contributed by atoms with Crippen molar-refractivity contribution >= 4 is 40.4 Å². The van der Waals surface area contributed by atoms with Gasteiger partial charge in [-0.25, -0.2) is 0 Å². The molecule has 0 spiro atoms. The Bertz CT molecular complexity index is 1440. The Labute approximate surface area is 233 Å². The summed E-state index contributed by atoms with van der Waals surface area (Å²) < 4.78 is 11.0. The van der Waals surface area contributed by atoms with Crippen molar-refractivity contribution in [3.8, 4) is 16.9 Å². The van der Waals surface area contributed by atoms with Crippen molar-refractivity contribution in [2.75, 3.05) is 26.0 Å². The van der Waals surface area contributed by atoms with Gasteiger partial charge >= 0.3 is 0 Å². The molecule has 0 saturated carbocycles. The minimum absolute atomic E-state index is 0.118. The lowest BCUT2D eigenvalue weighted by atomic mass is 9.98. The SMILES string of the molecule is CNCCSNC(=O)c1[nH]c2c(-c3c(C)nn(C)c3C)cccc2c1CCCOc1cc(C)c(Cl)c(C)c1. The fraction of sp³-hybridized carbons (Fsp3) is 0.379. The van der Waals surface area contributed by atoms with Gasteiger partial charge in [-0.05, 0) is 88.4 Å². The maximum atomic E-state index is 13.3. The summed E-state index contributed by atoms with van der Waals surface area (Å²) in [5.74, 6) is 1.48. The zero-order valence-corrected chi connectivity index (χ0v) is 24.5. The van der Waals surface area contributed by atoms with Crippen molar-refractivity contribution in [3.63, 3.8) is 0 Å². The van der Waals surface area contributed by atoms with E-state index in [0.29, 0.717) is 18.7 Å². The number of nitrogens with one attached hydrogen (secondary N) is 3. The summed E-state index contributed by atoms with van der Waals surface area (Å²) in [4.78, 5) is 16.8. The van der Waals surface area contributed by atoms with Crippen LogP contribution in [-0.2, 0) is 13.5 Å². The number of benzene rings is 2. The summed E-state index contributed by atoms with van der Waals surface area (Å²) in [6, 6.07) is 10.2. The molecule has 0 bridgehead atoms. The van der Waals surface area contributed by atoms with E-state index in [4.69, 9.17) is 16.3 Å². The van der Waals surface area contributed by atoms with E-state index < -0.39 is 0 Å². The zero-order chi connectivity index (χ0) is 27.4. The molecule has 0 aliphatic rings. The molecule has 4 rings (SSSR count). The quantitative estimate of drug-likeness (QED) is 0.155. The topological polar surface area (TPSA) is 84.0 Å². The number of hydrogen-bond acceptors (Lipinski definition) is 5. The first-order valence-electron chi connectivity index (χ1n) is 12.8. The first kappa shape index (κ1) is 28.1. The number of rotatable bonds is 11. The number of aryl methyl sites for hydroxylation is 5. The molecule has 38 heavy (non-hydrogen) atoms. The molecule has 1 amide bonds. The molecule has 0 saturated heterocycles. The molecule has 2 aromatic carbocycles. The maximum absolute atomic E-state index is 13.3. The third-order valence-electron chi connectivity index (χ3n) is 6.82. The van der Waals surface area contributed by atoms with Crippen LogP contribution < -0.4 is 14.8 Å². The second-order valence-corrected chi connectivity index (χ2v) is 10.9. The van der Waals surface area contributed by atoms with Crippen LogP contribution in [0.25, 0.3) is 22.0 Å². The van der Waals surface area contributed by atoms with Gasteiger partial charge in [0.15, 0.2) is 0 Å². The van der Waals surface area contributed by atoms with Crippen molar-refractivity contribution in [1.82, 2.24) is 24.8 Å². The van der Waals surface area contributed by atoms with Crippen molar-refractivity contribution in [2.24, 2.45) is 7.05 Å². The maximum Gasteiger partial charge on any atom is 0.277 e. The van der Waals surface area contributed by atoms with Gasteiger partial charge in [-0.15, -0.1) is 0 Å². The van der Waals surface area contributed by atoms with Crippen molar-refractivity contribution in [3.05, 3.63) is 69.1 Å². The number of carbonyl (C=O) groups excluding carboxylic acids is 1. The van der Waals surface area contributed by atoms with Crippen LogP contribution >= 0.6 is 23.5 Å². The number of ether oxygens (including phenoxy) is 1. The van der Waals surface area contributed by atoms with Crippen LogP contribution in [0.15, 0.2) is 30.3 Å². The van der Waals surface area contributed by atoms with Crippen molar-refractivity contribution in [2.45, 2.75) is 40.5 Å². The second kappa shape index (κ2) is 12.3. The van der Waals surface area contributed by atoms with Gasteiger partial charge in [0.05, 0.1) is 17.8 Å². The van der Waals surface area contributed by atoms with E-state index in [-0.39, 0.29) is 5.91 Å². The van der Waals surface area contributed by atoms with Crippen LogP contribution in [0, 0.1) is 27.7 Å². The van der Waals surface area contributed by atoms with Crippen molar-refractivity contribution < 1.29 is 9.53 Å². The molecule has 2 aromatic heterocycles. The molecule has 0 unspecified atom stereocenters. The minimum Gasteiger partial charge on any atom is -0.494 e. The number of fused-ring (bicyclic) bond motifs is 1. The summed E-state index contributed by atoms with van der Waals surface area (Å²) >= 11 is 7.71. The molecule has 9 heteroatoms. The van der Waals surface area contributed by atoms with Gasteiger partial charge in [0.25, 0.3) is 5.91 Å². The number of halogens is 1. The van der Waals surface area contributed by atoms with Crippen LogP contribution in [0.2, 0.25) is 5.02 Å². The van der Waals surface area contributed by atoms with E-state index in [1.54, 1.807) is 0 Å². The van der Waals surface area contributed by atoms with Crippen LogP contribution in [-0.4, -0.2) is 46.6 Å². The zero-order valence-electron chi connectivity index (χ0n) is 22.9. The lowest BCUT2D eigenvalue weighted by molar-refractivity contribution is 0.0979. The normalized spacial score (nSPS) is 11.3. The second-order valence-electron chi connectivity index (χ2n) is 9.58. The molecule has 0 aliphatic carbocycles. The minimum atomic E-state index is -0.118. The number of carbonyl (C=O) groups is 1. The molecule has 0 fully saturated rings. The average molecular weight is 554 g/mol. The van der Waals surface area contributed by atoms with Gasteiger partial charge in [0.2, 0.25) is 0 Å². The highest BCUT2D eigenvalue weighted by atomic mass is 35.5. The molecular formula is C29H36ClN5O2S. The van der Waals surface area contributed by atoms with Gasteiger partial charge < -0.3 is 15.0 Å². The van der Waals surface area contributed by atoms with Gasteiger partial charge in [-0.2, -0.15) is 5.10 Å². The first-order valence-corrected chi connectivity index (χ1v) is 14.2. The summed E-state index contributed by atoms with van der Waals surface area (Å²) in [6.45, 7) is 9.41. The largest absolute Gasteiger partial charge is 0.494 e. The predicted octanol–water partition coefficient (Wildman–Crippen LogP) is 6.06. The van der Waals surface area contributed by atoms with Crippen LogP contribution in [0.5, 0.6) is 5.75 Å². The summed E-state index contributed by atoms with van der Waals surface area (Å²) in [6.07, 6.45) is 1.46. The highest BCUT2D eigenvalue weighted by molar-refractivity contribution is 7.97. The van der Waals surface area contributed by atoms with E-state index in [9.17, 15) is 4.79 Å². The number of H-pyrrole nitrogens is 1. The lowest BCUT2D eigenvalue weighted by Gasteiger charge is -2.10. The third kappa shape index (κ3) is 5.87. The Morgan fingerprint density at radius 2 is 1.92 bits per heavy atom. The Balaban J connectivity index is 1.63. The Morgan fingerprint density at radius 1 is 1.18 bits per heavy atom. The number of aromatic nitrogens is 3. The highest BCUT2D eigenvalue weighted by Crippen LogP contribution is 2.35. The lowest BCUT2D eigenvalue weighted by Crippen LogP contribution is -2.21. The van der Waals surface area contributed by atoms with Gasteiger partial charge in [-0.3, -0.25) is 14.2 Å². The van der Waals surface area contributed by atoms with Gasteiger partial charge in [0.1, 0.15) is 11.4 Å². The third-order valence-corrected chi connectivity index (χ3v) is 8.15. The molecule has 202 valence electrons. The van der Waals surface area contributed by atoms with Crippen LogP contribution in [0.4, 0.5) is 0 Å². The molecule has 7 nitrogen and oxygen atoms in total. The fourth-order valence-corrected chi connectivity index (χ4v) is 5.60. The van der Waals surface area contributed by atoms with E-state index in [0.717, 1.165) is 79.6 Å². The smallest absolute Gasteiger partial charge is 0.277 e. The monoisotopic (exact) mass is 553 g/mol.